The van der Waals surface area contributed by atoms with Gasteiger partial charge in [-0.25, -0.2) is 15.2 Å². The van der Waals surface area contributed by atoms with Crippen molar-refractivity contribution in [2.45, 2.75) is 27.7 Å². The summed E-state index contributed by atoms with van der Waals surface area (Å²) in [4.78, 5) is 15.7. The van der Waals surface area contributed by atoms with Crippen molar-refractivity contribution in [3.05, 3.63) is 23.6 Å². The summed E-state index contributed by atoms with van der Waals surface area (Å²) in [5.41, 5.74) is 2.07. The van der Waals surface area contributed by atoms with Crippen LogP contribution in [0.15, 0.2) is 12.3 Å². The van der Waals surface area contributed by atoms with Gasteiger partial charge in [0.25, 0.3) is 5.91 Å². The van der Waals surface area contributed by atoms with E-state index in [1.165, 1.54) is 12.3 Å². The Balaban J connectivity index is 2.77. The first-order valence-electron chi connectivity index (χ1n) is 6.77. The van der Waals surface area contributed by atoms with Crippen molar-refractivity contribution in [3.8, 4) is 0 Å². The molecular formula is C14H23FN4O. The molecule has 0 fully saturated rings. The van der Waals surface area contributed by atoms with Crippen molar-refractivity contribution in [2.24, 2.45) is 23.6 Å². The first-order chi connectivity index (χ1) is 9.38. The minimum atomic E-state index is -0.738. The molecule has 112 valence electrons. The van der Waals surface area contributed by atoms with E-state index in [0.29, 0.717) is 24.3 Å². The molecule has 1 aromatic heterocycles. The van der Waals surface area contributed by atoms with E-state index in [-0.39, 0.29) is 11.4 Å². The van der Waals surface area contributed by atoms with Gasteiger partial charge in [0.1, 0.15) is 0 Å². The fourth-order valence-electron chi connectivity index (χ4n) is 2.27. The number of hydrogen-bond acceptors (Lipinski definition) is 4. The van der Waals surface area contributed by atoms with Crippen LogP contribution in [0.5, 0.6) is 0 Å². The first-order valence-corrected chi connectivity index (χ1v) is 6.77. The molecule has 1 aromatic rings. The maximum atomic E-state index is 13.9. The Morgan fingerprint density at radius 2 is 1.95 bits per heavy atom. The molecule has 0 saturated carbocycles. The third-order valence-electron chi connectivity index (χ3n) is 3.48. The number of carbonyl (C=O) groups excluding carboxylic acids is 1. The van der Waals surface area contributed by atoms with Crippen LogP contribution < -0.4 is 16.6 Å². The predicted octanol–water partition coefficient (Wildman–Crippen LogP) is 2.16. The van der Waals surface area contributed by atoms with E-state index in [9.17, 15) is 9.18 Å². The molecule has 0 saturated heterocycles. The lowest BCUT2D eigenvalue weighted by Gasteiger charge is -2.25. The third kappa shape index (κ3) is 3.90. The monoisotopic (exact) mass is 282 g/mol. The van der Waals surface area contributed by atoms with Gasteiger partial charge in [0.2, 0.25) is 0 Å². The number of hydrogen-bond donors (Lipinski definition) is 3. The molecular weight excluding hydrogens is 259 g/mol. The number of hydrazine groups is 1. The van der Waals surface area contributed by atoms with Crippen LogP contribution in [0.2, 0.25) is 0 Å². The molecule has 0 atom stereocenters. The number of nitrogen functional groups attached to an aromatic ring is 1. The molecule has 0 aliphatic carbocycles. The maximum absolute atomic E-state index is 13.9. The molecule has 0 radical (unpaired) electrons. The molecule has 1 heterocycles. The second-order valence-corrected chi connectivity index (χ2v) is 5.53. The van der Waals surface area contributed by atoms with Crippen LogP contribution in [-0.4, -0.2) is 17.4 Å². The fraction of sp³-hybridized carbons (Fsp3) is 0.571. The van der Waals surface area contributed by atoms with Crippen LogP contribution in [0.4, 0.5) is 10.2 Å². The topological polar surface area (TPSA) is 80.0 Å². The van der Waals surface area contributed by atoms with Gasteiger partial charge < -0.3 is 10.7 Å². The van der Waals surface area contributed by atoms with Gasteiger partial charge in [-0.15, -0.1) is 0 Å². The largest absolute Gasteiger partial charge is 0.352 e. The van der Waals surface area contributed by atoms with Crippen molar-refractivity contribution in [1.82, 2.24) is 10.3 Å². The maximum Gasteiger partial charge on any atom is 0.254 e. The normalized spacial score (nSPS) is 11.2. The van der Waals surface area contributed by atoms with Crippen molar-refractivity contribution in [2.75, 3.05) is 12.0 Å². The SMILES string of the molecule is CC(C)C(CNC(=O)c1ccnc(NN)c1F)C(C)C. The Hall–Kier alpha value is -1.69. The summed E-state index contributed by atoms with van der Waals surface area (Å²) in [6, 6.07) is 1.34. The quantitative estimate of drug-likeness (QED) is 0.552. The Morgan fingerprint density at radius 1 is 1.35 bits per heavy atom. The average molecular weight is 282 g/mol. The van der Waals surface area contributed by atoms with Crippen LogP contribution in [0.1, 0.15) is 38.1 Å². The zero-order valence-electron chi connectivity index (χ0n) is 12.4. The highest BCUT2D eigenvalue weighted by molar-refractivity contribution is 5.95. The molecule has 0 bridgehead atoms. The van der Waals surface area contributed by atoms with Crippen molar-refractivity contribution in [1.29, 1.82) is 0 Å². The molecule has 0 spiro atoms. The third-order valence-corrected chi connectivity index (χ3v) is 3.48. The zero-order chi connectivity index (χ0) is 15.3. The average Bonchev–Trinajstić information content (AvgIpc) is 2.38. The molecule has 5 nitrogen and oxygen atoms in total. The van der Waals surface area contributed by atoms with Gasteiger partial charge in [-0.2, -0.15) is 0 Å². The summed E-state index contributed by atoms with van der Waals surface area (Å²) in [7, 11) is 0. The van der Waals surface area contributed by atoms with Crippen LogP contribution >= 0.6 is 0 Å². The number of anilines is 1. The number of carbonyl (C=O) groups is 1. The van der Waals surface area contributed by atoms with Crippen LogP contribution in [0, 0.1) is 23.6 Å². The highest BCUT2D eigenvalue weighted by Gasteiger charge is 2.20. The highest BCUT2D eigenvalue weighted by Crippen LogP contribution is 2.20. The minimum absolute atomic E-state index is 0.0563. The number of rotatable bonds is 6. The van der Waals surface area contributed by atoms with E-state index in [0.717, 1.165) is 0 Å². The van der Waals surface area contributed by atoms with E-state index in [1.54, 1.807) is 0 Å². The smallest absolute Gasteiger partial charge is 0.254 e. The van der Waals surface area contributed by atoms with E-state index >= 15 is 0 Å². The lowest BCUT2D eigenvalue weighted by Crippen LogP contribution is -2.34. The van der Waals surface area contributed by atoms with Gasteiger partial charge in [-0.3, -0.25) is 4.79 Å². The second-order valence-electron chi connectivity index (χ2n) is 5.53. The Bertz CT molecular complexity index is 454. The highest BCUT2D eigenvalue weighted by atomic mass is 19.1. The van der Waals surface area contributed by atoms with Gasteiger partial charge in [0, 0.05) is 12.7 Å². The lowest BCUT2D eigenvalue weighted by atomic mass is 9.85. The summed E-state index contributed by atoms with van der Waals surface area (Å²) in [5, 5.41) is 2.78. The predicted molar refractivity (Wildman–Crippen MR) is 77.5 cm³/mol. The van der Waals surface area contributed by atoms with Crippen molar-refractivity contribution >= 4 is 11.7 Å². The molecule has 6 heteroatoms. The molecule has 20 heavy (non-hydrogen) atoms. The molecule has 0 aromatic carbocycles. The molecule has 0 aliphatic rings. The summed E-state index contributed by atoms with van der Waals surface area (Å²) in [6.07, 6.45) is 1.34. The Morgan fingerprint density at radius 3 is 2.45 bits per heavy atom. The van der Waals surface area contributed by atoms with Gasteiger partial charge in [-0.1, -0.05) is 27.7 Å². The second kappa shape index (κ2) is 7.19. The van der Waals surface area contributed by atoms with Crippen molar-refractivity contribution < 1.29 is 9.18 Å². The molecule has 0 unspecified atom stereocenters. The Labute approximate surface area is 119 Å². The van der Waals surface area contributed by atoms with Gasteiger partial charge in [0.15, 0.2) is 11.6 Å². The number of halogens is 1. The molecule has 1 amide bonds. The van der Waals surface area contributed by atoms with Gasteiger partial charge in [-0.05, 0) is 23.8 Å². The zero-order valence-corrected chi connectivity index (χ0v) is 12.4. The van der Waals surface area contributed by atoms with Crippen molar-refractivity contribution in [3.63, 3.8) is 0 Å². The molecule has 4 N–H and O–H groups in total. The first kappa shape index (κ1) is 16.4. The number of nitrogens with two attached hydrogens (primary N) is 1. The van der Waals surface area contributed by atoms with Crippen LogP contribution in [-0.2, 0) is 0 Å². The minimum Gasteiger partial charge on any atom is -0.352 e. The standard InChI is InChI=1S/C14H23FN4O/c1-8(2)11(9(3)4)7-18-14(20)10-5-6-17-13(19-16)12(10)15/h5-6,8-9,11H,7,16H2,1-4H3,(H,17,19)(H,18,20). The van der Waals surface area contributed by atoms with Gasteiger partial charge in [0.05, 0.1) is 5.56 Å². The Kier molecular flexibility index (Phi) is 5.88. The number of pyridine rings is 1. The number of nitrogens with one attached hydrogen (secondary N) is 2. The number of nitrogens with zero attached hydrogens (tertiary/aromatic N) is 1. The fourth-order valence-corrected chi connectivity index (χ4v) is 2.27. The van der Waals surface area contributed by atoms with Crippen LogP contribution in [0.3, 0.4) is 0 Å². The van der Waals surface area contributed by atoms with E-state index in [2.05, 4.69) is 43.4 Å². The molecule has 0 aliphatic heterocycles. The summed E-state index contributed by atoms with van der Waals surface area (Å²) in [6.45, 7) is 8.96. The number of amides is 1. The molecule has 1 rings (SSSR count). The van der Waals surface area contributed by atoms with E-state index in [4.69, 9.17) is 5.84 Å². The summed E-state index contributed by atoms with van der Waals surface area (Å²) < 4.78 is 13.9. The summed E-state index contributed by atoms with van der Waals surface area (Å²) in [5.74, 6) is 5.04. The number of aromatic nitrogens is 1. The van der Waals surface area contributed by atoms with E-state index < -0.39 is 11.7 Å². The van der Waals surface area contributed by atoms with Gasteiger partial charge >= 0.3 is 0 Å². The summed E-state index contributed by atoms with van der Waals surface area (Å²) >= 11 is 0. The lowest BCUT2D eigenvalue weighted by molar-refractivity contribution is 0.0933. The van der Waals surface area contributed by atoms with Crippen LogP contribution in [0.25, 0.3) is 0 Å². The van der Waals surface area contributed by atoms with E-state index in [1.807, 2.05) is 0 Å².